The van der Waals surface area contributed by atoms with E-state index in [0.717, 1.165) is 19.5 Å². The Morgan fingerprint density at radius 3 is 2.35 bits per heavy atom. The highest BCUT2D eigenvalue weighted by Crippen LogP contribution is 2.48. The van der Waals surface area contributed by atoms with Crippen molar-refractivity contribution in [3.63, 3.8) is 0 Å². The van der Waals surface area contributed by atoms with E-state index in [-0.39, 0.29) is 0 Å². The molecule has 1 saturated heterocycles. The van der Waals surface area contributed by atoms with Gasteiger partial charge >= 0.3 is 0 Å². The number of likely N-dealkylation sites (tertiary alicyclic amines) is 1. The first kappa shape index (κ1) is 18.6. The van der Waals surface area contributed by atoms with E-state index >= 15 is 0 Å². The molecule has 5 nitrogen and oxygen atoms in total. The van der Waals surface area contributed by atoms with Gasteiger partial charge in [0.2, 0.25) is 7.44 Å². The average molecular weight is 338 g/mol. The van der Waals surface area contributed by atoms with Gasteiger partial charge in [-0.15, -0.1) is 0 Å². The molecule has 130 valence electrons. The monoisotopic (exact) mass is 338 g/mol. The molecule has 2 unspecified atom stereocenters. The molecule has 1 N–H and O–H groups in total. The largest absolute Gasteiger partial charge is 0.311 e. The van der Waals surface area contributed by atoms with Gasteiger partial charge in [-0.25, -0.2) is 9.34 Å². The van der Waals surface area contributed by atoms with Crippen LogP contribution in [0.4, 0.5) is 0 Å². The Morgan fingerprint density at radius 2 is 1.78 bits per heavy atom. The number of benzene rings is 1. The number of rotatable bonds is 7. The van der Waals surface area contributed by atoms with E-state index in [2.05, 4.69) is 47.6 Å². The maximum atomic E-state index is 13.0. The molecule has 0 aromatic heterocycles. The number of hydrogen-bond acceptors (Lipinski definition) is 3. The van der Waals surface area contributed by atoms with Crippen molar-refractivity contribution in [2.24, 2.45) is 0 Å². The Balaban J connectivity index is 1.98. The second-order valence-electron chi connectivity index (χ2n) is 6.77. The molecule has 0 spiro atoms. The zero-order valence-electron chi connectivity index (χ0n) is 15.1. The lowest BCUT2D eigenvalue weighted by atomic mass is 10.0. The van der Waals surface area contributed by atoms with Crippen molar-refractivity contribution >= 4 is 7.44 Å². The second-order valence-corrected chi connectivity index (χ2v) is 10.1. The van der Waals surface area contributed by atoms with Gasteiger partial charge in [-0.3, -0.25) is 9.46 Å². The van der Waals surface area contributed by atoms with Gasteiger partial charge in [0, 0.05) is 31.3 Å². The highest BCUT2D eigenvalue weighted by atomic mass is 31.2. The zero-order chi connectivity index (χ0) is 17.0. The minimum atomic E-state index is -2.44. The summed E-state index contributed by atoms with van der Waals surface area (Å²) >= 11 is 0. The van der Waals surface area contributed by atoms with Gasteiger partial charge < -0.3 is 5.32 Å². The predicted molar refractivity (Wildman–Crippen MR) is 98.1 cm³/mol. The molecule has 1 aromatic rings. The third kappa shape index (κ3) is 4.23. The molecular weight excluding hydrogens is 307 g/mol. The highest BCUT2D eigenvalue weighted by molar-refractivity contribution is 7.59. The van der Waals surface area contributed by atoms with E-state index in [1.165, 1.54) is 5.56 Å². The van der Waals surface area contributed by atoms with E-state index in [1.54, 1.807) is 0 Å². The van der Waals surface area contributed by atoms with Crippen molar-refractivity contribution in [1.29, 1.82) is 0 Å². The molecule has 2 rings (SSSR count). The van der Waals surface area contributed by atoms with E-state index < -0.39 is 7.44 Å². The molecule has 1 aromatic carbocycles. The van der Waals surface area contributed by atoms with Crippen molar-refractivity contribution in [1.82, 2.24) is 19.6 Å². The minimum absolute atomic E-state index is 0.397. The van der Waals surface area contributed by atoms with E-state index in [0.29, 0.717) is 18.2 Å². The summed E-state index contributed by atoms with van der Waals surface area (Å²) in [5.41, 5.74) is 1.36. The first-order chi connectivity index (χ1) is 10.9. The topological polar surface area (TPSA) is 38.8 Å². The summed E-state index contributed by atoms with van der Waals surface area (Å²) in [6.07, 6.45) is 1.79. The molecular formula is C17H31N4OP. The average Bonchev–Trinajstić information content (AvgIpc) is 2.88. The van der Waals surface area contributed by atoms with Gasteiger partial charge in [-0.1, -0.05) is 30.3 Å². The third-order valence-corrected chi connectivity index (χ3v) is 8.16. The number of hydrogen-bond donors (Lipinski definition) is 1. The van der Waals surface area contributed by atoms with Gasteiger partial charge in [0.25, 0.3) is 0 Å². The first-order valence-electron chi connectivity index (χ1n) is 8.29. The Labute approximate surface area is 141 Å². The van der Waals surface area contributed by atoms with E-state index in [9.17, 15) is 4.57 Å². The number of nitrogens with zero attached hydrogens (tertiary/aromatic N) is 3. The zero-order valence-corrected chi connectivity index (χ0v) is 16.0. The molecule has 2 atom stereocenters. The lowest BCUT2D eigenvalue weighted by molar-refractivity contribution is 0.288. The summed E-state index contributed by atoms with van der Waals surface area (Å²) in [5, 5.41) is 3.66. The summed E-state index contributed by atoms with van der Waals surface area (Å²) in [7, 11) is 7.35. The summed E-state index contributed by atoms with van der Waals surface area (Å²) in [5.74, 6) is 0. The van der Waals surface area contributed by atoms with Crippen LogP contribution in [0.5, 0.6) is 0 Å². The van der Waals surface area contributed by atoms with Crippen LogP contribution in [-0.2, 0) is 4.57 Å². The molecule has 0 bridgehead atoms. The predicted octanol–water partition coefficient (Wildman–Crippen LogP) is 2.34. The molecule has 0 amide bonds. The molecule has 6 heteroatoms. The summed E-state index contributed by atoms with van der Waals surface area (Å²) < 4.78 is 16.7. The fraction of sp³-hybridized carbons (Fsp3) is 0.647. The SMILES string of the molecule is CN1CCC(NCCP(=O)(N(C)C)N(C)C)C1c1ccccc1. The Bertz CT molecular complexity index is 523. The summed E-state index contributed by atoms with van der Waals surface area (Å²) in [4.78, 5) is 2.41. The molecule has 1 fully saturated rings. The van der Waals surface area contributed by atoms with Crippen LogP contribution in [0.25, 0.3) is 0 Å². The van der Waals surface area contributed by atoms with Crippen LogP contribution in [0, 0.1) is 0 Å². The van der Waals surface area contributed by atoms with Gasteiger partial charge in [0.15, 0.2) is 0 Å². The number of nitrogens with one attached hydrogen (secondary N) is 1. The fourth-order valence-corrected chi connectivity index (χ4v) is 5.39. The molecule has 0 aliphatic carbocycles. The fourth-order valence-electron chi connectivity index (χ4n) is 3.45. The van der Waals surface area contributed by atoms with Crippen LogP contribution < -0.4 is 5.32 Å². The van der Waals surface area contributed by atoms with Crippen molar-refractivity contribution in [3.8, 4) is 0 Å². The van der Waals surface area contributed by atoms with Crippen LogP contribution in [0.2, 0.25) is 0 Å². The standard InChI is InChI=1S/C17H31N4OP/c1-19(2)23(22,20(3)4)14-12-18-16-11-13-21(5)17(16)15-9-7-6-8-10-15/h6-10,16-18H,11-14H2,1-5H3. The molecule has 1 aliphatic heterocycles. The maximum absolute atomic E-state index is 13.0. The number of likely N-dealkylation sites (N-methyl/N-ethyl adjacent to an activating group) is 1. The van der Waals surface area contributed by atoms with Crippen LogP contribution in [0.15, 0.2) is 30.3 Å². The van der Waals surface area contributed by atoms with Gasteiger partial charge in [0.1, 0.15) is 0 Å². The van der Waals surface area contributed by atoms with Crippen molar-refractivity contribution in [2.45, 2.75) is 18.5 Å². The molecule has 23 heavy (non-hydrogen) atoms. The molecule has 0 saturated carbocycles. The highest BCUT2D eigenvalue weighted by Gasteiger charge is 2.33. The van der Waals surface area contributed by atoms with Crippen molar-refractivity contribution < 1.29 is 4.57 Å². The lowest BCUT2D eigenvalue weighted by Gasteiger charge is -2.32. The van der Waals surface area contributed by atoms with Gasteiger partial charge in [-0.05, 0) is 47.2 Å². The minimum Gasteiger partial charge on any atom is -0.311 e. The normalized spacial score (nSPS) is 23.1. The Hall–Kier alpha value is -0.710. The van der Waals surface area contributed by atoms with Crippen LogP contribution in [0.1, 0.15) is 18.0 Å². The van der Waals surface area contributed by atoms with Gasteiger partial charge in [-0.2, -0.15) is 0 Å². The van der Waals surface area contributed by atoms with Crippen molar-refractivity contribution in [2.75, 3.05) is 54.5 Å². The quantitative estimate of drug-likeness (QED) is 0.773. The van der Waals surface area contributed by atoms with E-state index in [4.69, 9.17) is 0 Å². The third-order valence-electron chi connectivity index (χ3n) is 4.85. The first-order valence-corrected chi connectivity index (χ1v) is 10.1. The second kappa shape index (κ2) is 7.91. The van der Waals surface area contributed by atoms with Gasteiger partial charge in [0.05, 0.1) is 0 Å². The van der Waals surface area contributed by atoms with Crippen LogP contribution in [-0.4, -0.2) is 74.8 Å². The summed E-state index contributed by atoms with van der Waals surface area (Å²) in [6, 6.07) is 11.5. The molecule has 0 radical (unpaired) electrons. The van der Waals surface area contributed by atoms with Crippen molar-refractivity contribution in [3.05, 3.63) is 35.9 Å². The molecule has 1 aliphatic rings. The summed E-state index contributed by atoms with van der Waals surface area (Å²) in [6.45, 7) is 1.87. The lowest BCUT2D eigenvalue weighted by Crippen LogP contribution is -2.38. The Kier molecular flexibility index (Phi) is 6.40. The van der Waals surface area contributed by atoms with E-state index in [1.807, 2.05) is 37.5 Å². The van der Waals surface area contributed by atoms with Crippen LogP contribution >= 0.6 is 7.44 Å². The van der Waals surface area contributed by atoms with Crippen LogP contribution in [0.3, 0.4) is 0 Å². The Morgan fingerprint density at radius 1 is 1.17 bits per heavy atom. The maximum Gasteiger partial charge on any atom is 0.216 e. The smallest absolute Gasteiger partial charge is 0.216 e. The molecule has 1 heterocycles.